The molecule has 0 aliphatic rings. The summed E-state index contributed by atoms with van der Waals surface area (Å²) in [6, 6.07) is 18.5. The van der Waals surface area contributed by atoms with Crippen molar-refractivity contribution in [2.24, 2.45) is 0 Å². The summed E-state index contributed by atoms with van der Waals surface area (Å²) in [6.07, 6.45) is 1.56. The highest BCUT2D eigenvalue weighted by molar-refractivity contribution is 7.89. The van der Waals surface area contributed by atoms with Crippen LogP contribution in [0.3, 0.4) is 0 Å². The summed E-state index contributed by atoms with van der Waals surface area (Å²) >= 11 is 0. The summed E-state index contributed by atoms with van der Waals surface area (Å²) < 4.78 is 28.3. The number of benzene rings is 2. The van der Waals surface area contributed by atoms with E-state index in [1.165, 1.54) is 18.2 Å². The van der Waals surface area contributed by atoms with Gasteiger partial charge in [0.25, 0.3) is 5.69 Å². The second-order valence-corrected chi connectivity index (χ2v) is 7.13. The van der Waals surface area contributed by atoms with Gasteiger partial charge >= 0.3 is 0 Å². The third-order valence-electron chi connectivity index (χ3n) is 3.74. The van der Waals surface area contributed by atoms with Gasteiger partial charge < -0.3 is 0 Å². The van der Waals surface area contributed by atoms with Crippen molar-refractivity contribution in [3.05, 3.63) is 100 Å². The predicted molar refractivity (Wildman–Crippen MR) is 95.9 cm³/mol. The second kappa shape index (κ2) is 7.42. The molecule has 8 heteroatoms. The average Bonchev–Trinajstić information content (AvgIpc) is 2.67. The third kappa shape index (κ3) is 3.76. The minimum Gasteiger partial charge on any atom is -0.259 e. The van der Waals surface area contributed by atoms with E-state index in [1.807, 2.05) is 6.07 Å². The molecule has 0 aliphatic heterocycles. The van der Waals surface area contributed by atoms with Gasteiger partial charge in [-0.05, 0) is 23.8 Å². The number of sulfonamides is 1. The lowest BCUT2D eigenvalue weighted by Gasteiger charge is -2.19. The summed E-state index contributed by atoms with van der Waals surface area (Å²) in [6.45, 7) is 0. The zero-order valence-electron chi connectivity index (χ0n) is 13.5. The number of hydrogen-bond acceptors (Lipinski definition) is 5. The van der Waals surface area contributed by atoms with Crippen molar-refractivity contribution in [3.63, 3.8) is 0 Å². The van der Waals surface area contributed by atoms with E-state index in [9.17, 15) is 18.5 Å². The summed E-state index contributed by atoms with van der Waals surface area (Å²) in [5, 5.41) is 11.2. The lowest BCUT2D eigenvalue weighted by molar-refractivity contribution is -0.387. The molecular formula is C18H15N3O4S. The second-order valence-electron chi connectivity index (χ2n) is 5.44. The Morgan fingerprint density at radius 1 is 0.923 bits per heavy atom. The van der Waals surface area contributed by atoms with Crippen LogP contribution < -0.4 is 4.72 Å². The summed E-state index contributed by atoms with van der Waals surface area (Å²) in [5.74, 6) is 0. The highest BCUT2D eigenvalue weighted by atomic mass is 32.2. The first-order valence-electron chi connectivity index (χ1n) is 7.70. The monoisotopic (exact) mass is 369 g/mol. The van der Waals surface area contributed by atoms with E-state index in [-0.39, 0.29) is 4.90 Å². The molecule has 7 nitrogen and oxygen atoms in total. The van der Waals surface area contributed by atoms with Gasteiger partial charge in [-0.3, -0.25) is 15.1 Å². The van der Waals surface area contributed by atoms with Crippen LogP contribution in [0, 0.1) is 10.1 Å². The number of rotatable bonds is 6. The first-order chi connectivity index (χ1) is 12.5. The SMILES string of the molecule is O=[N+]([O-])c1ccccc1S(=O)(=O)N[C@@H](c1ccccc1)c1ccccn1. The van der Waals surface area contributed by atoms with E-state index in [4.69, 9.17) is 0 Å². The molecular weight excluding hydrogens is 354 g/mol. The maximum absolute atomic E-state index is 12.9. The summed E-state index contributed by atoms with van der Waals surface area (Å²) in [7, 11) is -4.16. The molecule has 0 saturated heterocycles. The lowest BCUT2D eigenvalue weighted by atomic mass is 10.0. The Labute approximate surface area is 150 Å². The summed E-state index contributed by atoms with van der Waals surface area (Å²) in [5.41, 5.74) is 0.682. The largest absolute Gasteiger partial charge is 0.289 e. The van der Waals surface area contributed by atoms with Gasteiger partial charge in [-0.1, -0.05) is 48.5 Å². The van der Waals surface area contributed by atoms with Crippen LogP contribution in [0.25, 0.3) is 0 Å². The third-order valence-corrected chi connectivity index (χ3v) is 5.21. The molecule has 0 unspecified atom stereocenters. The molecule has 3 aromatic rings. The molecule has 0 aliphatic carbocycles. The van der Waals surface area contributed by atoms with E-state index in [0.29, 0.717) is 11.3 Å². The first-order valence-corrected chi connectivity index (χ1v) is 9.19. The molecule has 0 spiro atoms. The fourth-order valence-corrected chi connectivity index (χ4v) is 3.91. The number of nitrogens with zero attached hydrogens (tertiary/aromatic N) is 2. The zero-order valence-corrected chi connectivity index (χ0v) is 14.3. The Hall–Kier alpha value is -3.10. The van der Waals surface area contributed by atoms with Crippen molar-refractivity contribution in [3.8, 4) is 0 Å². The maximum atomic E-state index is 12.9. The standard InChI is InChI=1S/C18H15N3O4S/c22-21(23)16-11-4-5-12-17(16)26(24,25)20-18(14-8-2-1-3-9-14)15-10-6-7-13-19-15/h1-13,18,20H/t18-/m0/s1. The quantitative estimate of drug-likeness (QED) is 0.531. The lowest BCUT2D eigenvalue weighted by Crippen LogP contribution is -2.30. The number of aromatic nitrogens is 1. The van der Waals surface area contributed by atoms with E-state index in [1.54, 1.807) is 48.7 Å². The van der Waals surface area contributed by atoms with Crippen molar-refractivity contribution in [2.75, 3.05) is 0 Å². The molecule has 26 heavy (non-hydrogen) atoms. The maximum Gasteiger partial charge on any atom is 0.289 e. The van der Waals surface area contributed by atoms with E-state index < -0.39 is 26.7 Å². The molecule has 0 saturated carbocycles. The van der Waals surface area contributed by atoms with Gasteiger partial charge in [-0.25, -0.2) is 8.42 Å². The van der Waals surface area contributed by atoms with Crippen molar-refractivity contribution in [1.29, 1.82) is 0 Å². The number of nitrogens with one attached hydrogen (secondary N) is 1. The van der Waals surface area contributed by atoms with Crippen LogP contribution in [0.1, 0.15) is 17.3 Å². The molecule has 2 aromatic carbocycles. The molecule has 1 N–H and O–H groups in total. The van der Waals surface area contributed by atoms with Crippen LogP contribution in [-0.4, -0.2) is 18.3 Å². The number of pyridine rings is 1. The molecule has 0 fully saturated rings. The fraction of sp³-hybridized carbons (Fsp3) is 0.0556. The van der Waals surface area contributed by atoms with Crippen molar-refractivity contribution in [1.82, 2.24) is 9.71 Å². The van der Waals surface area contributed by atoms with Gasteiger partial charge in [0.2, 0.25) is 10.0 Å². The predicted octanol–water partition coefficient (Wildman–Crippen LogP) is 3.06. The molecule has 0 radical (unpaired) electrons. The van der Waals surface area contributed by atoms with Crippen LogP contribution in [0.5, 0.6) is 0 Å². The molecule has 1 aromatic heterocycles. The van der Waals surface area contributed by atoms with Gasteiger partial charge in [0.1, 0.15) is 0 Å². The summed E-state index contributed by atoms with van der Waals surface area (Å²) in [4.78, 5) is 14.3. The van der Waals surface area contributed by atoms with E-state index in [2.05, 4.69) is 9.71 Å². The van der Waals surface area contributed by atoms with Gasteiger partial charge in [-0.15, -0.1) is 0 Å². The topological polar surface area (TPSA) is 102 Å². The normalized spacial score (nSPS) is 12.5. The van der Waals surface area contributed by atoms with Gasteiger partial charge in [-0.2, -0.15) is 4.72 Å². The fourth-order valence-electron chi connectivity index (χ4n) is 2.55. The molecule has 132 valence electrons. The smallest absolute Gasteiger partial charge is 0.259 e. The van der Waals surface area contributed by atoms with Crippen LogP contribution in [0.2, 0.25) is 0 Å². The number of hydrogen-bond donors (Lipinski definition) is 1. The minimum atomic E-state index is -4.16. The molecule has 1 heterocycles. The molecule has 0 amide bonds. The van der Waals surface area contributed by atoms with Crippen LogP contribution in [0.15, 0.2) is 83.9 Å². The Kier molecular flexibility index (Phi) is 5.06. The Morgan fingerprint density at radius 2 is 1.58 bits per heavy atom. The molecule has 1 atom stereocenters. The minimum absolute atomic E-state index is 0.387. The van der Waals surface area contributed by atoms with Gasteiger partial charge in [0.15, 0.2) is 4.90 Å². The number of nitro groups is 1. The highest BCUT2D eigenvalue weighted by Crippen LogP contribution is 2.27. The van der Waals surface area contributed by atoms with Gasteiger partial charge in [0, 0.05) is 12.3 Å². The number of para-hydroxylation sites is 1. The van der Waals surface area contributed by atoms with Gasteiger partial charge in [0.05, 0.1) is 16.7 Å². The highest BCUT2D eigenvalue weighted by Gasteiger charge is 2.29. The average molecular weight is 369 g/mol. The Bertz CT molecular complexity index is 969. The Morgan fingerprint density at radius 3 is 2.23 bits per heavy atom. The van der Waals surface area contributed by atoms with Crippen molar-refractivity contribution in [2.45, 2.75) is 10.9 Å². The number of nitro benzene ring substituents is 1. The van der Waals surface area contributed by atoms with E-state index in [0.717, 1.165) is 6.07 Å². The zero-order chi connectivity index (χ0) is 18.6. The van der Waals surface area contributed by atoms with Crippen molar-refractivity contribution < 1.29 is 13.3 Å². The van der Waals surface area contributed by atoms with Crippen LogP contribution in [0.4, 0.5) is 5.69 Å². The first kappa shape index (κ1) is 17.7. The van der Waals surface area contributed by atoms with Crippen LogP contribution in [-0.2, 0) is 10.0 Å². The van der Waals surface area contributed by atoms with Crippen molar-refractivity contribution >= 4 is 15.7 Å². The van der Waals surface area contributed by atoms with Crippen LogP contribution >= 0.6 is 0 Å². The van der Waals surface area contributed by atoms with E-state index >= 15 is 0 Å². The molecule has 0 bridgehead atoms. The molecule has 3 rings (SSSR count). The Balaban J connectivity index is 2.06.